The minimum absolute atomic E-state index is 0.00972. The molecule has 0 aromatic carbocycles. The van der Waals surface area contributed by atoms with Gasteiger partial charge in [0.1, 0.15) is 0 Å². The molecule has 2 rings (SSSR count). The smallest absolute Gasteiger partial charge is 0.304 e. The molecule has 1 unspecified atom stereocenters. The highest BCUT2D eigenvalue weighted by atomic mass is 32.2. The molecule has 0 amide bonds. The van der Waals surface area contributed by atoms with Crippen molar-refractivity contribution in [3.63, 3.8) is 0 Å². The molecule has 6 heteroatoms. The largest absolute Gasteiger partial charge is 0.481 e. The van der Waals surface area contributed by atoms with Crippen molar-refractivity contribution in [1.82, 2.24) is 4.90 Å². The zero-order valence-corrected chi connectivity index (χ0v) is 11.4. The van der Waals surface area contributed by atoms with Gasteiger partial charge in [0, 0.05) is 18.6 Å². The van der Waals surface area contributed by atoms with Crippen LogP contribution in [-0.2, 0) is 14.6 Å². The highest BCUT2D eigenvalue weighted by Gasteiger charge is 2.36. The third kappa shape index (κ3) is 3.45. The first-order valence-corrected chi connectivity index (χ1v) is 8.48. The van der Waals surface area contributed by atoms with E-state index in [4.69, 9.17) is 5.11 Å². The number of nitrogens with zero attached hydrogens (tertiary/aromatic N) is 1. The lowest BCUT2D eigenvalue weighted by atomic mass is 9.93. The molecule has 2 fully saturated rings. The number of sulfone groups is 1. The van der Waals surface area contributed by atoms with E-state index in [1.54, 1.807) is 0 Å². The monoisotopic (exact) mass is 275 g/mol. The Hall–Kier alpha value is -0.620. The lowest BCUT2D eigenvalue weighted by molar-refractivity contribution is -0.138. The molecule has 18 heavy (non-hydrogen) atoms. The maximum Gasteiger partial charge on any atom is 0.304 e. The van der Waals surface area contributed by atoms with Gasteiger partial charge >= 0.3 is 5.97 Å². The Bertz CT molecular complexity index is 400. The first-order chi connectivity index (χ1) is 8.48. The van der Waals surface area contributed by atoms with Gasteiger partial charge in [-0.25, -0.2) is 8.42 Å². The predicted octanol–water partition coefficient (Wildman–Crippen LogP) is 0.893. The van der Waals surface area contributed by atoms with Crippen LogP contribution in [0, 0.1) is 0 Å². The van der Waals surface area contributed by atoms with E-state index in [9.17, 15) is 13.2 Å². The van der Waals surface area contributed by atoms with Crippen molar-refractivity contribution < 1.29 is 18.3 Å². The minimum Gasteiger partial charge on any atom is -0.481 e. The highest BCUT2D eigenvalue weighted by molar-refractivity contribution is 7.91. The lowest BCUT2D eigenvalue weighted by Crippen LogP contribution is -2.54. The summed E-state index contributed by atoms with van der Waals surface area (Å²) < 4.78 is 23.3. The quantitative estimate of drug-likeness (QED) is 0.828. The van der Waals surface area contributed by atoms with Gasteiger partial charge in [0.25, 0.3) is 0 Å². The summed E-state index contributed by atoms with van der Waals surface area (Å²) in [7, 11) is -3.05. The van der Waals surface area contributed by atoms with Gasteiger partial charge in [-0.2, -0.15) is 0 Å². The van der Waals surface area contributed by atoms with Crippen LogP contribution in [0.3, 0.4) is 0 Å². The second kappa shape index (κ2) is 5.57. The van der Waals surface area contributed by atoms with Crippen LogP contribution in [0.4, 0.5) is 0 Å². The molecule has 0 aromatic rings. The molecular weight excluding hydrogens is 254 g/mol. The third-order valence-corrected chi connectivity index (χ3v) is 5.73. The Kier molecular flexibility index (Phi) is 4.27. The minimum atomic E-state index is -3.05. The molecule has 0 aromatic heterocycles. The molecule has 1 saturated heterocycles. The molecule has 2 aliphatic rings. The Morgan fingerprint density at radius 3 is 2.50 bits per heavy atom. The summed E-state index contributed by atoms with van der Waals surface area (Å²) in [6, 6.07) is 0.0583. The van der Waals surface area contributed by atoms with E-state index in [1.807, 2.05) is 0 Å². The van der Waals surface area contributed by atoms with Crippen molar-refractivity contribution >= 4 is 15.8 Å². The lowest BCUT2D eigenvalue weighted by Gasteiger charge is -2.42. The summed E-state index contributed by atoms with van der Waals surface area (Å²) >= 11 is 0. The Morgan fingerprint density at radius 1 is 1.22 bits per heavy atom. The van der Waals surface area contributed by atoms with Gasteiger partial charge in [-0.05, 0) is 12.8 Å². The molecule has 1 atom stereocenters. The van der Waals surface area contributed by atoms with Gasteiger partial charge in [0.05, 0.1) is 17.9 Å². The van der Waals surface area contributed by atoms with E-state index in [-0.39, 0.29) is 24.0 Å². The summed E-state index contributed by atoms with van der Waals surface area (Å²) in [5.41, 5.74) is 0. The number of carboxylic acid groups (broad SMARTS) is 1. The number of hydrogen-bond donors (Lipinski definition) is 1. The van der Waals surface area contributed by atoms with Crippen LogP contribution in [0.2, 0.25) is 0 Å². The van der Waals surface area contributed by atoms with E-state index in [0.717, 1.165) is 12.8 Å². The average Bonchev–Trinajstić information content (AvgIpc) is 2.28. The second-order valence-corrected chi connectivity index (χ2v) is 7.62. The van der Waals surface area contributed by atoms with E-state index >= 15 is 0 Å². The zero-order valence-electron chi connectivity index (χ0n) is 10.5. The summed E-state index contributed by atoms with van der Waals surface area (Å²) in [6.07, 6.45) is 5.69. The van der Waals surface area contributed by atoms with E-state index in [0.29, 0.717) is 12.6 Å². The molecule has 1 N–H and O–H groups in total. The molecule has 0 spiro atoms. The first-order valence-electron chi connectivity index (χ1n) is 6.66. The van der Waals surface area contributed by atoms with Crippen LogP contribution in [0.1, 0.15) is 38.5 Å². The topological polar surface area (TPSA) is 74.7 Å². The van der Waals surface area contributed by atoms with Crippen LogP contribution in [0.5, 0.6) is 0 Å². The predicted molar refractivity (Wildman–Crippen MR) is 68.3 cm³/mol. The van der Waals surface area contributed by atoms with E-state index < -0.39 is 15.8 Å². The van der Waals surface area contributed by atoms with Crippen molar-refractivity contribution in [2.75, 3.05) is 18.1 Å². The van der Waals surface area contributed by atoms with Crippen LogP contribution < -0.4 is 0 Å². The van der Waals surface area contributed by atoms with Gasteiger partial charge in [-0.1, -0.05) is 19.3 Å². The average molecular weight is 275 g/mol. The number of rotatable bonds is 3. The molecular formula is C12H21NO4S. The third-order valence-electron chi connectivity index (χ3n) is 4.03. The van der Waals surface area contributed by atoms with Gasteiger partial charge in [-0.15, -0.1) is 0 Å². The standard InChI is InChI=1S/C12H21NO4S/c14-12(15)8-11-9-18(16,17)7-6-13(11)10-4-2-1-3-5-10/h10-11H,1-9H2,(H,14,15). The Balaban J connectivity index is 2.08. The molecule has 0 bridgehead atoms. The van der Waals surface area contributed by atoms with Crippen LogP contribution >= 0.6 is 0 Å². The van der Waals surface area contributed by atoms with Crippen LogP contribution in [-0.4, -0.2) is 54.5 Å². The van der Waals surface area contributed by atoms with E-state index in [2.05, 4.69) is 4.90 Å². The molecule has 104 valence electrons. The first kappa shape index (κ1) is 13.8. The number of hydrogen-bond acceptors (Lipinski definition) is 4. The molecule has 1 saturated carbocycles. The van der Waals surface area contributed by atoms with Gasteiger partial charge < -0.3 is 5.11 Å². The van der Waals surface area contributed by atoms with Crippen LogP contribution in [0.25, 0.3) is 0 Å². The van der Waals surface area contributed by atoms with Gasteiger partial charge in [0.15, 0.2) is 9.84 Å². The van der Waals surface area contributed by atoms with Crippen molar-refractivity contribution in [3.8, 4) is 0 Å². The fraction of sp³-hybridized carbons (Fsp3) is 0.917. The Morgan fingerprint density at radius 2 is 1.89 bits per heavy atom. The summed E-state index contributed by atoms with van der Waals surface area (Å²) in [6.45, 7) is 0.505. The van der Waals surface area contributed by atoms with Gasteiger partial charge in [-0.3, -0.25) is 9.69 Å². The van der Waals surface area contributed by atoms with Crippen molar-refractivity contribution in [1.29, 1.82) is 0 Å². The molecule has 5 nitrogen and oxygen atoms in total. The second-order valence-electron chi connectivity index (χ2n) is 5.40. The highest BCUT2D eigenvalue weighted by Crippen LogP contribution is 2.27. The maximum absolute atomic E-state index is 11.7. The Labute approximate surface area is 108 Å². The van der Waals surface area contributed by atoms with Gasteiger partial charge in [0.2, 0.25) is 0 Å². The normalized spacial score (nSPS) is 30.1. The SMILES string of the molecule is O=C(O)CC1CS(=O)(=O)CCN1C1CCCCC1. The molecule has 1 aliphatic carbocycles. The number of aliphatic carboxylic acids is 1. The number of carbonyl (C=O) groups is 1. The summed E-state index contributed by atoms with van der Waals surface area (Å²) in [5.74, 6) is -0.715. The molecule has 0 radical (unpaired) electrons. The molecule has 1 aliphatic heterocycles. The van der Waals surface area contributed by atoms with Crippen molar-refractivity contribution in [3.05, 3.63) is 0 Å². The fourth-order valence-electron chi connectivity index (χ4n) is 3.17. The molecule has 1 heterocycles. The van der Waals surface area contributed by atoms with Crippen LogP contribution in [0.15, 0.2) is 0 Å². The fourth-order valence-corrected chi connectivity index (χ4v) is 4.72. The number of carboxylic acids is 1. The maximum atomic E-state index is 11.7. The summed E-state index contributed by atoms with van der Waals surface area (Å²) in [4.78, 5) is 13.0. The van der Waals surface area contributed by atoms with Crippen molar-refractivity contribution in [2.24, 2.45) is 0 Å². The summed E-state index contributed by atoms with van der Waals surface area (Å²) in [5, 5.41) is 8.93. The van der Waals surface area contributed by atoms with Crippen molar-refractivity contribution in [2.45, 2.75) is 50.6 Å². The zero-order chi connectivity index (χ0) is 13.2. The van der Waals surface area contributed by atoms with E-state index in [1.165, 1.54) is 19.3 Å².